The van der Waals surface area contributed by atoms with Crippen molar-refractivity contribution in [2.45, 2.75) is 6.92 Å². The second kappa shape index (κ2) is 6.17. The topological polar surface area (TPSA) is 26.0 Å². The van der Waals surface area contributed by atoms with E-state index < -0.39 is 0 Å². The Morgan fingerprint density at radius 1 is 0.625 bits per heavy atom. The van der Waals surface area contributed by atoms with Gasteiger partial charge in [-0.2, -0.15) is 0 Å². The van der Waals surface area contributed by atoms with Gasteiger partial charge in [0.15, 0.2) is 5.76 Å². The zero-order valence-corrected chi connectivity index (χ0v) is 13.4. The van der Waals surface area contributed by atoms with Gasteiger partial charge < -0.3 is 4.42 Å². The lowest BCUT2D eigenvalue weighted by atomic mass is 10.0. The van der Waals surface area contributed by atoms with Crippen LogP contribution in [0.3, 0.4) is 0 Å². The number of hydrogen-bond donors (Lipinski definition) is 0. The third-order valence-electron chi connectivity index (χ3n) is 4.08. The van der Waals surface area contributed by atoms with Crippen LogP contribution in [0.4, 0.5) is 0 Å². The SMILES string of the molecule is Cc1ccc(-c2cnc(-c3ccc(-c4ccccc4)cc3)o2)cc1. The summed E-state index contributed by atoms with van der Waals surface area (Å²) in [5, 5.41) is 0. The highest BCUT2D eigenvalue weighted by atomic mass is 16.4. The molecule has 0 unspecified atom stereocenters. The van der Waals surface area contributed by atoms with Gasteiger partial charge in [-0.1, -0.05) is 72.3 Å². The average molecular weight is 311 g/mol. The lowest BCUT2D eigenvalue weighted by molar-refractivity contribution is 0.589. The Hall–Kier alpha value is -3.13. The Morgan fingerprint density at radius 3 is 1.92 bits per heavy atom. The Balaban J connectivity index is 1.62. The zero-order chi connectivity index (χ0) is 16.4. The highest BCUT2D eigenvalue weighted by Crippen LogP contribution is 2.28. The maximum Gasteiger partial charge on any atom is 0.226 e. The van der Waals surface area contributed by atoms with Crippen molar-refractivity contribution in [1.82, 2.24) is 4.98 Å². The molecular weight excluding hydrogens is 294 g/mol. The molecule has 0 aliphatic heterocycles. The fourth-order valence-electron chi connectivity index (χ4n) is 2.69. The van der Waals surface area contributed by atoms with E-state index in [2.05, 4.69) is 60.4 Å². The summed E-state index contributed by atoms with van der Waals surface area (Å²) in [4.78, 5) is 4.42. The number of aryl methyl sites for hydroxylation is 1. The van der Waals surface area contributed by atoms with Crippen molar-refractivity contribution in [3.63, 3.8) is 0 Å². The van der Waals surface area contributed by atoms with Crippen LogP contribution >= 0.6 is 0 Å². The molecule has 0 spiro atoms. The quantitative estimate of drug-likeness (QED) is 0.465. The first kappa shape index (κ1) is 14.5. The van der Waals surface area contributed by atoms with E-state index in [1.54, 1.807) is 6.20 Å². The van der Waals surface area contributed by atoms with Gasteiger partial charge in [0.2, 0.25) is 5.89 Å². The summed E-state index contributed by atoms with van der Waals surface area (Å²) in [5.74, 6) is 1.43. The molecule has 0 atom stereocenters. The molecule has 4 aromatic rings. The molecule has 0 aliphatic rings. The van der Waals surface area contributed by atoms with Gasteiger partial charge in [-0.25, -0.2) is 4.98 Å². The number of nitrogens with zero attached hydrogens (tertiary/aromatic N) is 1. The highest BCUT2D eigenvalue weighted by Gasteiger charge is 2.08. The molecule has 1 aromatic heterocycles. The highest BCUT2D eigenvalue weighted by molar-refractivity contribution is 5.68. The van der Waals surface area contributed by atoms with Gasteiger partial charge >= 0.3 is 0 Å². The molecule has 0 bridgehead atoms. The fourth-order valence-corrected chi connectivity index (χ4v) is 2.69. The Morgan fingerprint density at radius 2 is 1.21 bits per heavy atom. The summed E-state index contributed by atoms with van der Waals surface area (Å²) in [6.07, 6.45) is 1.78. The van der Waals surface area contributed by atoms with E-state index in [1.165, 1.54) is 16.7 Å². The van der Waals surface area contributed by atoms with Crippen LogP contribution in [0.1, 0.15) is 5.56 Å². The van der Waals surface area contributed by atoms with Crippen LogP contribution in [0.2, 0.25) is 0 Å². The molecule has 4 rings (SSSR count). The minimum absolute atomic E-state index is 0.644. The largest absolute Gasteiger partial charge is 0.436 e. The van der Waals surface area contributed by atoms with Crippen molar-refractivity contribution in [3.8, 4) is 33.9 Å². The van der Waals surface area contributed by atoms with Crippen LogP contribution < -0.4 is 0 Å². The lowest BCUT2D eigenvalue weighted by Crippen LogP contribution is -1.79. The normalized spacial score (nSPS) is 10.7. The van der Waals surface area contributed by atoms with Crippen LogP contribution in [0, 0.1) is 6.92 Å². The summed E-state index contributed by atoms with van der Waals surface area (Å²) in [7, 11) is 0. The molecule has 2 heteroatoms. The number of aromatic nitrogens is 1. The van der Waals surface area contributed by atoms with E-state index in [1.807, 2.05) is 30.3 Å². The van der Waals surface area contributed by atoms with Crippen molar-refractivity contribution in [1.29, 1.82) is 0 Å². The summed E-state index contributed by atoms with van der Waals surface area (Å²) in [6, 6.07) is 26.9. The molecule has 116 valence electrons. The smallest absolute Gasteiger partial charge is 0.226 e. The van der Waals surface area contributed by atoms with Gasteiger partial charge in [-0.15, -0.1) is 0 Å². The van der Waals surface area contributed by atoms with Gasteiger partial charge in [0.25, 0.3) is 0 Å². The molecule has 0 fully saturated rings. The molecule has 0 saturated heterocycles. The zero-order valence-electron chi connectivity index (χ0n) is 13.4. The van der Waals surface area contributed by atoms with E-state index in [4.69, 9.17) is 4.42 Å². The van der Waals surface area contributed by atoms with E-state index in [0.29, 0.717) is 5.89 Å². The third-order valence-corrected chi connectivity index (χ3v) is 4.08. The number of oxazole rings is 1. The molecule has 1 heterocycles. The van der Waals surface area contributed by atoms with E-state index in [9.17, 15) is 0 Å². The molecule has 0 radical (unpaired) electrons. The Labute approximate surface area is 141 Å². The predicted octanol–water partition coefficient (Wildman–Crippen LogP) is 5.98. The molecule has 24 heavy (non-hydrogen) atoms. The first-order valence-electron chi connectivity index (χ1n) is 7.98. The summed E-state index contributed by atoms with van der Waals surface area (Å²) in [6.45, 7) is 2.07. The van der Waals surface area contributed by atoms with E-state index in [0.717, 1.165) is 16.9 Å². The standard InChI is InChI=1S/C22H17NO/c1-16-7-9-19(10-8-16)21-15-23-22(24-21)20-13-11-18(12-14-20)17-5-3-2-4-6-17/h2-15H,1H3. The number of benzene rings is 3. The third kappa shape index (κ3) is 2.86. The summed E-state index contributed by atoms with van der Waals surface area (Å²) >= 11 is 0. The van der Waals surface area contributed by atoms with Crippen molar-refractivity contribution in [3.05, 3.63) is 90.6 Å². The van der Waals surface area contributed by atoms with Gasteiger partial charge in [0, 0.05) is 11.1 Å². The van der Waals surface area contributed by atoms with Crippen molar-refractivity contribution >= 4 is 0 Å². The second-order valence-corrected chi connectivity index (χ2v) is 5.84. The van der Waals surface area contributed by atoms with Gasteiger partial charge in [-0.3, -0.25) is 0 Å². The first-order valence-corrected chi connectivity index (χ1v) is 7.98. The molecule has 0 saturated carbocycles. The lowest BCUT2D eigenvalue weighted by Gasteiger charge is -2.02. The minimum atomic E-state index is 0.644. The van der Waals surface area contributed by atoms with Crippen molar-refractivity contribution < 1.29 is 4.42 Å². The maximum atomic E-state index is 5.93. The summed E-state index contributed by atoms with van der Waals surface area (Å²) in [5.41, 5.74) is 5.64. The van der Waals surface area contributed by atoms with Crippen molar-refractivity contribution in [2.75, 3.05) is 0 Å². The Kier molecular flexibility index (Phi) is 3.72. The summed E-state index contributed by atoms with van der Waals surface area (Å²) < 4.78 is 5.93. The van der Waals surface area contributed by atoms with Crippen molar-refractivity contribution in [2.24, 2.45) is 0 Å². The molecular formula is C22H17NO. The molecule has 2 nitrogen and oxygen atoms in total. The van der Waals surface area contributed by atoms with Crippen LogP contribution in [0.25, 0.3) is 33.9 Å². The average Bonchev–Trinajstić information content (AvgIpc) is 3.13. The second-order valence-electron chi connectivity index (χ2n) is 5.84. The van der Waals surface area contributed by atoms with Gasteiger partial charge in [0.05, 0.1) is 6.20 Å². The van der Waals surface area contributed by atoms with Gasteiger partial charge in [-0.05, 0) is 30.2 Å². The predicted molar refractivity (Wildman–Crippen MR) is 97.5 cm³/mol. The molecule has 0 aliphatic carbocycles. The van der Waals surface area contributed by atoms with E-state index in [-0.39, 0.29) is 0 Å². The number of hydrogen-bond acceptors (Lipinski definition) is 2. The van der Waals surface area contributed by atoms with E-state index >= 15 is 0 Å². The molecule has 0 N–H and O–H groups in total. The fraction of sp³-hybridized carbons (Fsp3) is 0.0455. The Bertz CT molecular complexity index is 935. The van der Waals surface area contributed by atoms with Crippen LogP contribution in [-0.4, -0.2) is 4.98 Å². The minimum Gasteiger partial charge on any atom is -0.436 e. The maximum absolute atomic E-state index is 5.93. The molecule has 0 amide bonds. The van der Waals surface area contributed by atoms with Crippen LogP contribution in [-0.2, 0) is 0 Å². The van der Waals surface area contributed by atoms with Crippen LogP contribution in [0.15, 0.2) is 89.5 Å². The van der Waals surface area contributed by atoms with Gasteiger partial charge in [0.1, 0.15) is 0 Å². The number of rotatable bonds is 3. The first-order chi connectivity index (χ1) is 11.8. The molecule has 3 aromatic carbocycles. The monoisotopic (exact) mass is 311 g/mol. The van der Waals surface area contributed by atoms with Crippen LogP contribution in [0.5, 0.6) is 0 Å².